The van der Waals surface area contributed by atoms with E-state index in [1.165, 1.54) is 17.4 Å². The molecule has 2 fully saturated rings. The summed E-state index contributed by atoms with van der Waals surface area (Å²) in [4.78, 5) is 4.36. The first-order chi connectivity index (χ1) is 18.8. The lowest BCUT2D eigenvalue weighted by molar-refractivity contribution is -0.0641. The Bertz CT molecular complexity index is 1550. The molecular weight excluding hydrogens is 531 g/mol. The standard InChI is InChI=1S/C28H24F3N3O4S/c29-20-11-15(13-32)12-22-24(20)33-26(39-22)28(35)9-7-17(8-10-28)36-14-19-23(34-38-25(19)16-5-6-16)18-3-1-2-4-21(18)37-27(30)31/h1-4,11-12,16-17,27,35H,5-10,14H2/t17-,28+. The van der Waals surface area contributed by atoms with Gasteiger partial charge in [0.2, 0.25) is 0 Å². The molecule has 11 heteroatoms. The van der Waals surface area contributed by atoms with Crippen LogP contribution in [0, 0.1) is 17.1 Å². The van der Waals surface area contributed by atoms with Crippen molar-refractivity contribution in [2.45, 2.75) is 69.4 Å². The van der Waals surface area contributed by atoms with E-state index in [1.54, 1.807) is 24.3 Å². The number of nitriles is 1. The molecule has 0 radical (unpaired) electrons. The first kappa shape index (κ1) is 25.8. The Kier molecular flexibility index (Phi) is 6.79. The van der Waals surface area contributed by atoms with Gasteiger partial charge in [-0.2, -0.15) is 14.0 Å². The fourth-order valence-corrected chi connectivity index (χ4v) is 6.27. The van der Waals surface area contributed by atoms with E-state index in [-0.39, 0.29) is 35.5 Å². The van der Waals surface area contributed by atoms with E-state index in [4.69, 9.17) is 19.3 Å². The molecule has 0 aliphatic heterocycles. The summed E-state index contributed by atoms with van der Waals surface area (Å²) in [5.74, 6) is 0.368. The van der Waals surface area contributed by atoms with E-state index >= 15 is 0 Å². The third kappa shape index (κ3) is 5.12. The topological polar surface area (TPSA) is 101 Å². The van der Waals surface area contributed by atoms with Gasteiger partial charge in [-0.05, 0) is 62.8 Å². The summed E-state index contributed by atoms with van der Waals surface area (Å²) in [5.41, 5.74) is 0.710. The largest absolute Gasteiger partial charge is 0.434 e. The summed E-state index contributed by atoms with van der Waals surface area (Å²) < 4.78 is 57.6. The Morgan fingerprint density at radius 3 is 2.67 bits per heavy atom. The predicted octanol–water partition coefficient (Wildman–Crippen LogP) is 6.79. The van der Waals surface area contributed by atoms with Gasteiger partial charge in [0.25, 0.3) is 0 Å². The molecule has 0 atom stereocenters. The second-order valence-electron chi connectivity index (χ2n) is 10.0. The van der Waals surface area contributed by atoms with Crippen LogP contribution in [0.3, 0.4) is 0 Å². The molecule has 0 saturated heterocycles. The maximum Gasteiger partial charge on any atom is 0.387 e. The average Bonchev–Trinajstić information content (AvgIpc) is 3.52. The molecule has 2 aromatic heterocycles. The number of ether oxygens (including phenoxy) is 2. The maximum atomic E-state index is 14.4. The van der Waals surface area contributed by atoms with Crippen molar-refractivity contribution in [1.82, 2.24) is 10.1 Å². The summed E-state index contributed by atoms with van der Waals surface area (Å²) in [6.07, 6.45) is 3.61. The van der Waals surface area contributed by atoms with Crippen LogP contribution in [-0.2, 0) is 16.9 Å². The van der Waals surface area contributed by atoms with E-state index in [0.29, 0.717) is 52.4 Å². The number of hydrogen-bond donors (Lipinski definition) is 1. The lowest BCUT2D eigenvalue weighted by Crippen LogP contribution is -2.34. The van der Waals surface area contributed by atoms with Crippen LogP contribution in [0.5, 0.6) is 5.75 Å². The molecular formula is C28H24F3N3O4S. The van der Waals surface area contributed by atoms with Gasteiger partial charge in [0.1, 0.15) is 33.3 Å². The van der Waals surface area contributed by atoms with Crippen LogP contribution < -0.4 is 4.74 Å². The number of para-hydroxylation sites is 1. The van der Waals surface area contributed by atoms with Crippen molar-refractivity contribution in [3.8, 4) is 23.1 Å². The van der Waals surface area contributed by atoms with Gasteiger partial charge in [0.05, 0.1) is 29.0 Å². The molecule has 2 aliphatic carbocycles. The summed E-state index contributed by atoms with van der Waals surface area (Å²) in [6.45, 7) is -2.79. The highest BCUT2D eigenvalue weighted by molar-refractivity contribution is 7.18. The van der Waals surface area contributed by atoms with Crippen molar-refractivity contribution < 1.29 is 32.3 Å². The molecule has 2 aromatic carbocycles. The molecule has 0 spiro atoms. The average molecular weight is 556 g/mol. The predicted molar refractivity (Wildman–Crippen MR) is 136 cm³/mol. The number of alkyl halides is 2. The van der Waals surface area contributed by atoms with E-state index in [1.807, 2.05) is 6.07 Å². The summed E-state index contributed by atoms with van der Waals surface area (Å²) in [5, 5.41) is 25.1. The van der Waals surface area contributed by atoms with Crippen LogP contribution in [0.1, 0.15) is 66.3 Å². The van der Waals surface area contributed by atoms with Gasteiger partial charge in [0, 0.05) is 17.0 Å². The smallest absolute Gasteiger partial charge is 0.387 e. The van der Waals surface area contributed by atoms with Gasteiger partial charge in [-0.3, -0.25) is 0 Å². The number of thiazole rings is 1. The normalized spacial score (nSPS) is 21.4. The molecule has 0 bridgehead atoms. The molecule has 4 aromatic rings. The zero-order chi connectivity index (χ0) is 27.1. The van der Waals surface area contributed by atoms with Crippen LogP contribution in [0.15, 0.2) is 40.9 Å². The molecule has 7 nitrogen and oxygen atoms in total. The van der Waals surface area contributed by atoms with Crippen LogP contribution >= 0.6 is 11.3 Å². The Labute approximate surface area is 225 Å². The lowest BCUT2D eigenvalue weighted by atomic mass is 9.83. The van der Waals surface area contributed by atoms with Gasteiger partial charge in [-0.1, -0.05) is 17.3 Å². The zero-order valence-corrected chi connectivity index (χ0v) is 21.5. The Balaban J connectivity index is 1.17. The number of nitrogens with zero attached hydrogens (tertiary/aromatic N) is 3. The van der Waals surface area contributed by atoms with Crippen molar-refractivity contribution in [1.29, 1.82) is 5.26 Å². The minimum atomic E-state index is -2.97. The molecule has 2 saturated carbocycles. The first-order valence-electron chi connectivity index (χ1n) is 12.7. The molecule has 39 heavy (non-hydrogen) atoms. The van der Waals surface area contributed by atoms with E-state index in [0.717, 1.165) is 24.5 Å². The monoisotopic (exact) mass is 555 g/mol. The summed E-state index contributed by atoms with van der Waals surface area (Å²) in [7, 11) is 0. The van der Waals surface area contributed by atoms with Crippen molar-refractivity contribution in [3.63, 3.8) is 0 Å². The molecule has 202 valence electrons. The van der Waals surface area contributed by atoms with Crippen LogP contribution in [0.25, 0.3) is 21.5 Å². The molecule has 6 rings (SSSR count). The third-order valence-electron chi connectivity index (χ3n) is 7.32. The highest BCUT2D eigenvalue weighted by Gasteiger charge is 2.39. The minimum Gasteiger partial charge on any atom is -0.434 e. The number of rotatable bonds is 8. The van der Waals surface area contributed by atoms with Gasteiger partial charge < -0.3 is 19.1 Å². The van der Waals surface area contributed by atoms with E-state index < -0.39 is 18.0 Å². The first-order valence-corrected chi connectivity index (χ1v) is 13.5. The number of benzene rings is 2. The minimum absolute atomic E-state index is 0.0151. The molecule has 1 N–H and O–H groups in total. The van der Waals surface area contributed by atoms with Gasteiger partial charge in [-0.25, -0.2) is 9.37 Å². The number of aromatic nitrogens is 2. The highest BCUT2D eigenvalue weighted by Crippen LogP contribution is 2.46. The van der Waals surface area contributed by atoms with Crippen molar-refractivity contribution in [3.05, 3.63) is 64.1 Å². The second kappa shape index (κ2) is 10.3. The molecule has 0 unspecified atom stereocenters. The third-order valence-corrected chi connectivity index (χ3v) is 8.52. The van der Waals surface area contributed by atoms with Crippen molar-refractivity contribution in [2.75, 3.05) is 0 Å². The van der Waals surface area contributed by atoms with Gasteiger partial charge >= 0.3 is 6.61 Å². The van der Waals surface area contributed by atoms with E-state index in [9.17, 15) is 18.3 Å². The van der Waals surface area contributed by atoms with Gasteiger partial charge in [0.15, 0.2) is 5.82 Å². The quantitative estimate of drug-likeness (QED) is 0.255. The number of fused-ring (bicyclic) bond motifs is 1. The second-order valence-corrected chi connectivity index (χ2v) is 11.0. The van der Waals surface area contributed by atoms with Crippen molar-refractivity contribution >= 4 is 21.6 Å². The number of halogens is 3. The van der Waals surface area contributed by atoms with Crippen LogP contribution in [0.2, 0.25) is 0 Å². The Morgan fingerprint density at radius 2 is 1.95 bits per heavy atom. The fourth-order valence-electron chi connectivity index (χ4n) is 5.10. The SMILES string of the molecule is N#Cc1cc(F)c2nc([C@]3(O)CC[C@@H](OCc4c(-c5ccccc5OC(F)F)noc4C4CC4)CC3)sc2c1. The maximum absolute atomic E-state index is 14.4. The van der Waals surface area contributed by atoms with E-state index in [2.05, 4.69) is 10.1 Å². The number of aliphatic hydroxyl groups is 1. The zero-order valence-electron chi connectivity index (χ0n) is 20.7. The van der Waals surface area contributed by atoms with Crippen LogP contribution in [-0.4, -0.2) is 28.0 Å². The summed E-state index contributed by atoms with van der Waals surface area (Å²) in [6, 6.07) is 11.1. The number of hydrogen-bond acceptors (Lipinski definition) is 8. The fraction of sp³-hybridized carbons (Fsp3) is 0.393. The van der Waals surface area contributed by atoms with Crippen molar-refractivity contribution in [2.24, 2.45) is 0 Å². The lowest BCUT2D eigenvalue weighted by Gasteiger charge is -2.34. The summed E-state index contributed by atoms with van der Waals surface area (Å²) >= 11 is 1.20. The van der Waals surface area contributed by atoms with Crippen LogP contribution in [0.4, 0.5) is 13.2 Å². The van der Waals surface area contributed by atoms with Gasteiger partial charge in [-0.15, -0.1) is 11.3 Å². The Hall–Kier alpha value is -3.46. The molecule has 2 heterocycles. The molecule has 0 amide bonds. The highest BCUT2D eigenvalue weighted by atomic mass is 32.1. The Morgan fingerprint density at radius 1 is 1.18 bits per heavy atom. The molecule has 2 aliphatic rings.